The molecule has 1 N–H and O–H groups in total. The minimum atomic E-state index is 0.142. The van der Waals surface area contributed by atoms with Crippen LogP contribution in [-0.4, -0.2) is 48.1 Å². The lowest BCUT2D eigenvalue weighted by Crippen LogP contribution is -2.58. The van der Waals surface area contributed by atoms with Crippen molar-refractivity contribution >= 4 is 6.03 Å². The monoisotopic (exact) mass is 327 g/mol. The van der Waals surface area contributed by atoms with E-state index in [9.17, 15) is 4.79 Å². The molecule has 4 nitrogen and oxygen atoms in total. The van der Waals surface area contributed by atoms with E-state index in [1.165, 1.54) is 24.0 Å². The number of hydrogen-bond donors (Lipinski definition) is 1. The fraction of sp³-hybridized carbons (Fsp3) is 0.650. The third kappa shape index (κ3) is 2.81. The minimum Gasteiger partial charge on any atom is -0.335 e. The number of rotatable bonds is 1. The van der Waals surface area contributed by atoms with Gasteiger partial charge in [-0.25, -0.2) is 4.79 Å². The second kappa shape index (κ2) is 6.07. The van der Waals surface area contributed by atoms with E-state index < -0.39 is 0 Å². The molecule has 2 aliphatic heterocycles. The Morgan fingerprint density at radius 3 is 2.71 bits per heavy atom. The summed E-state index contributed by atoms with van der Waals surface area (Å²) in [5, 5.41) is 3.25. The summed E-state index contributed by atoms with van der Waals surface area (Å²) in [6.45, 7) is 8.37. The van der Waals surface area contributed by atoms with Gasteiger partial charge in [-0.1, -0.05) is 51.0 Å². The average molecular weight is 327 g/mol. The fourth-order valence-corrected chi connectivity index (χ4v) is 4.82. The lowest BCUT2D eigenvalue weighted by atomic mass is 9.75. The van der Waals surface area contributed by atoms with Gasteiger partial charge in [-0.15, -0.1) is 0 Å². The molecule has 4 rings (SSSR count). The predicted octanol–water partition coefficient (Wildman–Crippen LogP) is 3.29. The molecule has 1 saturated heterocycles. The summed E-state index contributed by atoms with van der Waals surface area (Å²) >= 11 is 0. The zero-order valence-electron chi connectivity index (χ0n) is 14.9. The molecule has 1 aromatic carbocycles. The van der Waals surface area contributed by atoms with Crippen LogP contribution >= 0.6 is 0 Å². The van der Waals surface area contributed by atoms with Crippen LogP contribution in [0.4, 0.5) is 4.79 Å². The first kappa shape index (κ1) is 15.9. The van der Waals surface area contributed by atoms with Crippen LogP contribution in [0.3, 0.4) is 0 Å². The molecule has 4 heteroatoms. The van der Waals surface area contributed by atoms with E-state index >= 15 is 0 Å². The number of amides is 2. The first-order chi connectivity index (χ1) is 11.5. The molecule has 2 heterocycles. The Balaban J connectivity index is 1.52. The smallest absolute Gasteiger partial charge is 0.317 e. The summed E-state index contributed by atoms with van der Waals surface area (Å²) in [6, 6.07) is 9.69. The molecular weight excluding hydrogens is 298 g/mol. The molecule has 0 aromatic heterocycles. The summed E-state index contributed by atoms with van der Waals surface area (Å²) in [7, 11) is 0. The van der Waals surface area contributed by atoms with Crippen LogP contribution < -0.4 is 5.32 Å². The van der Waals surface area contributed by atoms with Crippen LogP contribution in [-0.2, 0) is 5.41 Å². The Kier molecular flexibility index (Phi) is 4.03. The second-order valence-electron chi connectivity index (χ2n) is 8.33. The fourth-order valence-electron chi connectivity index (χ4n) is 4.82. The number of hydrogen-bond acceptors (Lipinski definition) is 2. The molecule has 24 heavy (non-hydrogen) atoms. The number of fused-ring (bicyclic) bond motifs is 3. The topological polar surface area (TPSA) is 35.6 Å². The highest BCUT2D eigenvalue weighted by molar-refractivity contribution is 5.74. The number of carbonyl (C=O) groups is 1. The third-order valence-corrected chi connectivity index (χ3v) is 6.11. The van der Waals surface area contributed by atoms with Gasteiger partial charge in [0.25, 0.3) is 0 Å². The zero-order valence-corrected chi connectivity index (χ0v) is 14.9. The van der Waals surface area contributed by atoms with Crippen molar-refractivity contribution in [1.82, 2.24) is 15.1 Å². The molecular formula is C20H29N3O. The van der Waals surface area contributed by atoms with E-state index in [0.717, 1.165) is 39.0 Å². The van der Waals surface area contributed by atoms with Crippen LogP contribution in [0.15, 0.2) is 24.3 Å². The minimum absolute atomic E-state index is 0.142. The van der Waals surface area contributed by atoms with Crippen LogP contribution in [0, 0.1) is 0 Å². The first-order valence-corrected chi connectivity index (χ1v) is 9.43. The maximum absolute atomic E-state index is 12.7. The molecule has 1 aromatic rings. The van der Waals surface area contributed by atoms with Gasteiger partial charge >= 0.3 is 6.03 Å². The highest BCUT2D eigenvalue weighted by Crippen LogP contribution is 2.40. The molecule has 1 saturated carbocycles. The van der Waals surface area contributed by atoms with Gasteiger partial charge in [0, 0.05) is 37.6 Å². The van der Waals surface area contributed by atoms with E-state index in [0.29, 0.717) is 12.1 Å². The molecule has 0 bridgehead atoms. The van der Waals surface area contributed by atoms with Gasteiger partial charge in [0.2, 0.25) is 0 Å². The second-order valence-corrected chi connectivity index (χ2v) is 8.33. The maximum atomic E-state index is 12.7. The molecule has 1 aliphatic carbocycles. The zero-order chi connectivity index (χ0) is 16.7. The summed E-state index contributed by atoms with van der Waals surface area (Å²) in [4.78, 5) is 17.3. The third-order valence-electron chi connectivity index (χ3n) is 6.11. The summed E-state index contributed by atoms with van der Waals surface area (Å²) in [5.41, 5.74) is 3.04. The number of benzene rings is 1. The molecule has 1 atom stereocenters. The Morgan fingerprint density at radius 1 is 1.17 bits per heavy atom. The van der Waals surface area contributed by atoms with Crippen molar-refractivity contribution in [2.75, 3.05) is 26.2 Å². The van der Waals surface area contributed by atoms with Crippen molar-refractivity contribution in [2.45, 2.75) is 57.0 Å². The highest BCUT2D eigenvalue weighted by atomic mass is 16.2. The average Bonchev–Trinajstić information content (AvgIpc) is 3.07. The predicted molar refractivity (Wildman–Crippen MR) is 96.1 cm³/mol. The van der Waals surface area contributed by atoms with Gasteiger partial charge in [-0.2, -0.15) is 0 Å². The van der Waals surface area contributed by atoms with Gasteiger partial charge in [-0.3, -0.25) is 4.90 Å². The van der Waals surface area contributed by atoms with Crippen molar-refractivity contribution < 1.29 is 4.79 Å². The molecule has 0 radical (unpaired) electrons. The van der Waals surface area contributed by atoms with Crippen molar-refractivity contribution in [1.29, 1.82) is 0 Å². The van der Waals surface area contributed by atoms with E-state index in [1.807, 2.05) is 4.90 Å². The first-order valence-electron chi connectivity index (χ1n) is 9.43. The van der Waals surface area contributed by atoms with Crippen LogP contribution in [0.1, 0.15) is 56.7 Å². The van der Waals surface area contributed by atoms with Gasteiger partial charge in [-0.05, 0) is 24.0 Å². The molecule has 2 fully saturated rings. The van der Waals surface area contributed by atoms with Crippen molar-refractivity contribution in [3.63, 3.8) is 0 Å². The lowest BCUT2D eigenvalue weighted by molar-refractivity contribution is 0.0606. The number of piperazine rings is 1. The standard InChI is InChI=1S/C20H29N3O/c1-20(2)14-23-12-11-22(19(24)21-15-7-3-4-8-15)13-18(23)16-9-5-6-10-17(16)20/h5-6,9-10,15,18H,3-4,7-8,11-14H2,1-2H3,(H,21,24). The number of urea groups is 1. The normalized spacial score (nSPS) is 26.8. The van der Waals surface area contributed by atoms with Crippen LogP contribution in [0.25, 0.3) is 0 Å². The Morgan fingerprint density at radius 2 is 1.92 bits per heavy atom. The van der Waals surface area contributed by atoms with Crippen molar-refractivity contribution in [2.24, 2.45) is 0 Å². The summed E-state index contributed by atoms with van der Waals surface area (Å²) < 4.78 is 0. The Bertz CT molecular complexity index is 621. The Labute approximate surface area is 145 Å². The van der Waals surface area contributed by atoms with Crippen LogP contribution in [0.5, 0.6) is 0 Å². The van der Waals surface area contributed by atoms with Crippen molar-refractivity contribution in [3.8, 4) is 0 Å². The highest BCUT2D eigenvalue weighted by Gasteiger charge is 2.41. The molecule has 0 spiro atoms. The molecule has 3 aliphatic rings. The quantitative estimate of drug-likeness (QED) is 0.859. The Hall–Kier alpha value is -1.55. The van der Waals surface area contributed by atoms with Crippen LogP contribution in [0.2, 0.25) is 0 Å². The largest absolute Gasteiger partial charge is 0.335 e. The summed E-state index contributed by atoms with van der Waals surface area (Å²) in [6.07, 6.45) is 4.80. The number of nitrogens with one attached hydrogen (secondary N) is 1. The van der Waals surface area contributed by atoms with E-state index in [-0.39, 0.29) is 11.4 Å². The van der Waals surface area contributed by atoms with Gasteiger partial charge in [0.1, 0.15) is 0 Å². The molecule has 2 amide bonds. The number of nitrogens with zero attached hydrogens (tertiary/aromatic N) is 2. The maximum Gasteiger partial charge on any atom is 0.317 e. The lowest BCUT2D eigenvalue weighted by Gasteiger charge is -2.50. The van der Waals surface area contributed by atoms with E-state index in [1.54, 1.807) is 0 Å². The van der Waals surface area contributed by atoms with Gasteiger partial charge < -0.3 is 10.2 Å². The van der Waals surface area contributed by atoms with Crippen molar-refractivity contribution in [3.05, 3.63) is 35.4 Å². The van der Waals surface area contributed by atoms with E-state index in [4.69, 9.17) is 0 Å². The summed E-state index contributed by atoms with van der Waals surface area (Å²) in [5.74, 6) is 0. The molecule has 1 unspecified atom stereocenters. The van der Waals surface area contributed by atoms with Gasteiger partial charge in [0.05, 0.1) is 6.04 Å². The SMILES string of the molecule is CC1(C)CN2CCN(C(=O)NC3CCCC3)CC2c2ccccc21. The van der Waals surface area contributed by atoms with E-state index in [2.05, 4.69) is 48.3 Å². The molecule has 130 valence electrons. The number of carbonyl (C=O) groups excluding carboxylic acids is 1. The van der Waals surface area contributed by atoms with Gasteiger partial charge in [0.15, 0.2) is 0 Å².